The van der Waals surface area contributed by atoms with Crippen LogP contribution in [0.5, 0.6) is 0 Å². The topological polar surface area (TPSA) is 97.4 Å². The van der Waals surface area contributed by atoms with E-state index < -0.39 is 31.0 Å². The van der Waals surface area contributed by atoms with Gasteiger partial charge in [0.2, 0.25) is 0 Å². The third kappa shape index (κ3) is 3.83. The predicted octanol–water partition coefficient (Wildman–Crippen LogP) is 1.22. The largest absolute Gasteiger partial charge is 0.273 e. The number of sulfonamides is 1. The maximum absolute atomic E-state index is 12.1. The first kappa shape index (κ1) is 16.4. The molecule has 0 bridgehead atoms. The number of amides is 1. The van der Waals surface area contributed by atoms with Crippen molar-refractivity contribution in [2.24, 2.45) is 0 Å². The maximum atomic E-state index is 12.1. The number of carbonyl (C=O) groups excluding carboxylic acids is 1. The summed E-state index contributed by atoms with van der Waals surface area (Å²) in [6, 6.07) is 5.83. The Morgan fingerprint density at radius 3 is 2.62 bits per heavy atom. The van der Waals surface area contributed by atoms with E-state index in [1.54, 1.807) is 6.07 Å². The number of hydrogen-bond acceptors (Lipinski definition) is 5. The molecule has 0 aliphatic carbocycles. The van der Waals surface area contributed by atoms with Gasteiger partial charge in [-0.05, 0) is 31.0 Å². The van der Waals surface area contributed by atoms with Crippen LogP contribution in [-0.4, -0.2) is 33.7 Å². The molecule has 1 unspecified atom stereocenters. The second-order valence-corrected chi connectivity index (χ2v) is 9.68. The predicted molar refractivity (Wildman–Crippen MR) is 80.9 cm³/mol. The van der Waals surface area contributed by atoms with Gasteiger partial charge in [-0.25, -0.2) is 21.6 Å². The van der Waals surface area contributed by atoms with Crippen LogP contribution in [0.4, 0.5) is 0 Å². The molecule has 1 heterocycles. The second kappa shape index (κ2) is 6.05. The molecule has 9 heteroatoms. The van der Waals surface area contributed by atoms with Gasteiger partial charge >= 0.3 is 0 Å². The summed E-state index contributed by atoms with van der Waals surface area (Å²) in [6.07, 6.45) is 1.25. The third-order valence-electron chi connectivity index (χ3n) is 3.21. The smallest absolute Gasteiger partial charge is 0.264 e. The minimum Gasteiger partial charge on any atom is -0.273 e. The molecule has 1 N–H and O–H groups in total. The summed E-state index contributed by atoms with van der Waals surface area (Å²) >= 11 is 3.14. The summed E-state index contributed by atoms with van der Waals surface area (Å²) in [5.74, 6) is -1.06. The van der Waals surface area contributed by atoms with E-state index in [-0.39, 0.29) is 17.1 Å². The highest BCUT2D eigenvalue weighted by Gasteiger charge is 2.36. The number of rotatable bonds is 3. The van der Waals surface area contributed by atoms with Crippen LogP contribution in [0.1, 0.15) is 19.3 Å². The molecule has 1 aromatic rings. The quantitative estimate of drug-likeness (QED) is 0.829. The van der Waals surface area contributed by atoms with Crippen molar-refractivity contribution in [3.8, 4) is 0 Å². The van der Waals surface area contributed by atoms with E-state index in [2.05, 4.69) is 15.9 Å². The number of sulfone groups is 1. The zero-order valence-corrected chi connectivity index (χ0v) is 14.2. The molecule has 1 saturated heterocycles. The molecule has 0 spiro atoms. The molecule has 116 valence electrons. The Morgan fingerprint density at radius 2 is 2.00 bits per heavy atom. The molecular weight excluding hydrogens is 382 g/mol. The van der Waals surface area contributed by atoms with Crippen LogP contribution in [-0.2, 0) is 24.7 Å². The molecule has 1 aromatic carbocycles. The van der Waals surface area contributed by atoms with E-state index in [1.165, 1.54) is 18.2 Å². The van der Waals surface area contributed by atoms with Crippen molar-refractivity contribution in [2.45, 2.75) is 29.4 Å². The number of benzene rings is 1. The van der Waals surface area contributed by atoms with E-state index in [0.717, 1.165) is 0 Å². The van der Waals surface area contributed by atoms with Crippen LogP contribution in [0.2, 0.25) is 0 Å². The molecule has 1 atom stereocenters. The molecule has 6 nitrogen and oxygen atoms in total. The van der Waals surface area contributed by atoms with Crippen molar-refractivity contribution < 1.29 is 21.6 Å². The minimum atomic E-state index is -4.08. The molecule has 2 rings (SSSR count). The van der Waals surface area contributed by atoms with Gasteiger partial charge in [0, 0.05) is 4.47 Å². The number of hydrogen-bond donors (Lipinski definition) is 1. The Balaban J connectivity index is 2.22. The van der Waals surface area contributed by atoms with Crippen LogP contribution in [0.15, 0.2) is 33.6 Å². The second-order valence-electron chi connectivity index (χ2n) is 4.78. The van der Waals surface area contributed by atoms with Gasteiger partial charge in [-0.3, -0.25) is 4.79 Å². The summed E-state index contributed by atoms with van der Waals surface area (Å²) in [5, 5.41) is -1.28. The van der Waals surface area contributed by atoms with Crippen molar-refractivity contribution in [3.63, 3.8) is 0 Å². The van der Waals surface area contributed by atoms with Crippen molar-refractivity contribution in [2.75, 3.05) is 5.75 Å². The molecule has 1 fully saturated rings. The zero-order valence-electron chi connectivity index (χ0n) is 11.0. The Morgan fingerprint density at radius 1 is 1.29 bits per heavy atom. The van der Waals surface area contributed by atoms with Crippen molar-refractivity contribution in [3.05, 3.63) is 28.7 Å². The summed E-state index contributed by atoms with van der Waals surface area (Å²) in [4.78, 5) is 11.9. The highest BCUT2D eigenvalue weighted by Crippen LogP contribution is 2.21. The minimum absolute atomic E-state index is 0.0813. The van der Waals surface area contributed by atoms with Crippen LogP contribution in [0.3, 0.4) is 0 Å². The van der Waals surface area contributed by atoms with Gasteiger partial charge in [-0.2, -0.15) is 0 Å². The average molecular weight is 396 g/mol. The molecule has 0 saturated carbocycles. The third-order valence-corrected chi connectivity index (χ3v) is 7.22. The molecule has 1 amide bonds. The molecule has 1 aliphatic rings. The molecule has 21 heavy (non-hydrogen) atoms. The Labute approximate surface area is 132 Å². The highest BCUT2D eigenvalue weighted by molar-refractivity contribution is 9.10. The van der Waals surface area contributed by atoms with Gasteiger partial charge in [0.25, 0.3) is 15.9 Å². The Hall–Kier alpha value is -0.930. The van der Waals surface area contributed by atoms with Gasteiger partial charge in [0.1, 0.15) is 5.25 Å². The summed E-state index contributed by atoms with van der Waals surface area (Å²) in [5.41, 5.74) is 0. The number of carbonyl (C=O) groups is 1. The SMILES string of the molecule is O=C(NS(=O)(=O)c1cccc(Br)c1)C1CCCCS1(=O)=O. The molecule has 0 radical (unpaired) electrons. The van der Waals surface area contributed by atoms with E-state index in [0.29, 0.717) is 17.3 Å². The standard InChI is InChI=1S/C12H14BrNO5S2/c13-9-4-3-5-10(8-9)21(18,19)14-12(15)11-6-1-2-7-20(11,16)17/h3-5,8,11H,1-2,6-7H2,(H,14,15). The summed E-state index contributed by atoms with van der Waals surface area (Å²) < 4.78 is 50.3. The lowest BCUT2D eigenvalue weighted by Crippen LogP contribution is -2.44. The average Bonchev–Trinajstić information content (AvgIpc) is 2.37. The molecule has 0 aromatic heterocycles. The van der Waals surface area contributed by atoms with Crippen molar-refractivity contribution >= 4 is 41.7 Å². The van der Waals surface area contributed by atoms with Gasteiger partial charge < -0.3 is 0 Å². The van der Waals surface area contributed by atoms with Crippen LogP contribution in [0, 0.1) is 0 Å². The van der Waals surface area contributed by atoms with E-state index in [1.807, 2.05) is 4.72 Å². The lowest BCUT2D eigenvalue weighted by Gasteiger charge is -2.21. The van der Waals surface area contributed by atoms with Gasteiger partial charge in [0.05, 0.1) is 10.6 Å². The first-order valence-corrected chi connectivity index (χ1v) is 10.3. The van der Waals surface area contributed by atoms with Gasteiger partial charge in [0.15, 0.2) is 9.84 Å². The fourth-order valence-corrected chi connectivity index (χ4v) is 5.63. The fourth-order valence-electron chi connectivity index (χ4n) is 2.14. The summed E-state index contributed by atoms with van der Waals surface area (Å²) in [7, 11) is -7.65. The lowest BCUT2D eigenvalue weighted by atomic mass is 10.2. The van der Waals surface area contributed by atoms with E-state index in [9.17, 15) is 21.6 Å². The van der Waals surface area contributed by atoms with Crippen molar-refractivity contribution in [1.29, 1.82) is 0 Å². The Bertz CT molecular complexity index is 758. The van der Waals surface area contributed by atoms with Crippen LogP contribution in [0.25, 0.3) is 0 Å². The normalized spacial score (nSPS) is 21.7. The first-order valence-electron chi connectivity index (χ1n) is 6.26. The fraction of sp³-hybridized carbons (Fsp3) is 0.417. The lowest BCUT2D eigenvalue weighted by molar-refractivity contribution is -0.119. The monoisotopic (exact) mass is 395 g/mol. The maximum Gasteiger partial charge on any atom is 0.264 e. The van der Waals surface area contributed by atoms with Gasteiger partial charge in [-0.15, -0.1) is 0 Å². The number of nitrogens with one attached hydrogen (secondary N) is 1. The van der Waals surface area contributed by atoms with Crippen molar-refractivity contribution in [1.82, 2.24) is 4.72 Å². The summed E-state index contributed by atoms with van der Waals surface area (Å²) in [6.45, 7) is 0. The van der Waals surface area contributed by atoms with E-state index >= 15 is 0 Å². The zero-order chi connectivity index (χ0) is 15.7. The Kier molecular flexibility index (Phi) is 4.74. The highest BCUT2D eigenvalue weighted by atomic mass is 79.9. The van der Waals surface area contributed by atoms with E-state index in [4.69, 9.17) is 0 Å². The number of halogens is 1. The van der Waals surface area contributed by atoms with Gasteiger partial charge in [-0.1, -0.05) is 28.4 Å². The first-order chi connectivity index (χ1) is 9.72. The van der Waals surface area contributed by atoms with Crippen LogP contribution >= 0.6 is 15.9 Å². The molecular formula is C12H14BrNO5S2. The molecule has 1 aliphatic heterocycles. The van der Waals surface area contributed by atoms with Crippen LogP contribution < -0.4 is 4.72 Å².